The molecular weight excluding hydrogens is 266 g/mol. The fourth-order valence-corrected chi connectivity index (χ4v) is 2.68. The minimum atomic E-state index is -0.0714. The maximum absolute atomic E-state index is 12.0. The van der Waals surface area contributed by atoms with Crippen LogP contribution in [-0.4, -0.2) is 30.2 Å². The molecule has 1 fully saturated rings. The predicted octanol–water partition coefficient (Wildman–Crippen LogP) is 1.83. The lowest BCUT2D eigenvalue weighted by Crippen LogP contribution is -2.26. The predicted molar refractivity (Wildman–Crippen MR) is 82.2 cm³/mol. The number of aromatic amines is 1. The van der Waals surface area contributed by atoms with Crippen molar-refractivity contribution >= 4 is 10.9 Å². The smallest absolute Gasteiger partial charge is 0.258 e. The van der Waals surface area contributed by atoms with E-state index in [4.69, 9.17) is 4.74 Å². The molecule has 5 heteroatoms. The molecule has 2 aromatic rings. The Morgan fingerprint density at radius 3 is 2.95 bits per heavy atom. The van der Waals surface area contributed by atoms with Crippen LogP contribution >= 0.6 is 0 Å². The Labute approximate surface area is 123 Å². The van der Waals surface area contributed by atoms with Gasteiger partial charge in [0.2, 0.25) is 0 Å². The van der Waals surface area contributed by atoms with Gasteiger partial charge in [-0.2, -0.15) is 0 Å². The van der Waals surface area contributed by atoms with Gasteiger partial charge in [-0.3, -0.25) is 4.79 Å². The lowest BCUT2D eigenvalue weighted by molar-refractivity contribution is 0.171. The van der Waals surface area contributed by atoms with E-state index in [9.17, 15) is 4.79 Å². The third-order valence-corrected chi connectivity index (χ3v) is 4.25. The van der Waals surface area contributed by atoms with Gasteiger partial charge in [0.25, 0.3) is 5.56 Å². The van der Waals surface area contributed by atoms with E-state index >= 15 is 0 Å². The van der Waals surface area contributed by atoms with Gasteiger partial charge in [0.1, 0.15) is 5.82 Å². The second-order valence-electron chi connectivity index (χ2n) is 5.88. The number of hydrogen-bond acceptors (Lipinski definition) is 4. The maximum atomic E-state index is 12.0. The lowest BCUT2D eigenvalue weighted by Gasteiger charge is -2.15. The first kappa shape index (κ1) is 14.2. The van der Waals surface area contributed by atoms with E-state index < -0.39 is 0 Å². The largest absolute Gasteiger partial charge is 0.385 e. The van der Waals surface area contributed by atoms with Crippen LogP contribution in [0.15, 0.2) is 29.1 Å². The molecule has 0 unspecified atom stereocenters. The molecule has 112 valence electrons. The molecule has 2 N–H and O–H groups in total. The molecular formula is C16H21N3O2. The van der Waals surface area contributed by atoms with Crippen LogP contribution in [0, 0.1) is 5.41 Å². The number of H-pyrrole nitrogens is 1. The van der Waals surface area contributed by atoms with Crippen molar-refractivity contribution in [3.05, 3.63) is 40.4 Å². The van der Waals surface area contributed by atoms with Crippen molar-refractivity contribution in [1.29, 1.82) is 0 Å². The molecule has 1 saturated carbocycles. The summed E-state index contributed by atoms with van der Waals surface area (Å²) in [6, 6.07) is 7.41. The number of methoxy groups -OCH3 is 1. The quantitative estimate of drug-likeness (QED) is 0.815. The van der Waals surface area contributed by atoms with Crippen LogP contribution in [0.3, 0.4) is 0 Å². The van der Waals surface area contributed by atoms with Gasteiger partial charge in [-0.1, -0.05) is 12.1 Å². The third-order valence-electron chi connectivity index (χ3n) is 4.25. The molecule has 1 aliphatic carbocycles. The maximum Gasteiger partial charge on any atom is 0.258 e. The normalized spacial score (nSPS) is 16.2. The van der Waals surface area contributed by atoms with Crippen molar-refractivity contribution in [2.45, 2.75) is 25.8 Å². The highest BCUT2D eigenvalue weighted by molar-refractivity contribution is 5.77. The molecule has 1 heterocycles. The zero-order valence-electron chi connectivity index (χ0n) is 12.3. The Hall–Kier alpha value is -1.72. The first-order valence-corrected chi connectivity index (χ1v) is 7.40. The highest BCUT2D eigenvalue weighted by Gasteiger charge is 2.41. The van der Waals surface area contributed by atoms with Gasteiger partial charge in [0.15, 0.2) is 0 Å². The topological polar surface area (TPSA) is 67.0 Å². The molecule has 5 nitrogen and oxygen atoms in total. The van der Waals surface area contributed by atoms with E-state index in [0.717, 1.165) is 25.1 Å². The third kappa shape index (κ3) is 3.31. The molecule has 3 rings (SSSR count). The highest BCUT2D eigenvalue weighted by Crippen LogP contribution is 2.48. The van der Waals surface area contributed by atoms with E-state index in [0.29, 0.717) is 23.2 Å². The van der Waals surface area contributed by atoms with Crippen LogP contribution in [0.25, 0.3) is 10.9 Å². The summed E-state index contributed by atoms with van der Waals surface area (Å²) in [4.78, 5) is 19.3. The van der Waals surface area contributed by atoms with Gasteiger partial charge >= 0.3 is 0 Å². The minimum absolute atomic E-state index is 0.0714. The number of nitrogens with zero attached hydrogens (tertiary/aromatic N) is 1. The second kappa shape index (κ2) is 5.95. The first-order valence-electron chi connectivity index (χ1n) is 7.40. The standard InChI is InChI=1S/C16H21N3O2/c1-21-9-8-16(6-7-16)11-17-10-14-18-13-5-3-2-4-12(13)15(20)19-14/h2-5,17H,6-11H2,1H3,(H,18,19,20). The molecule has 0 aliphatic heterocycles. The number of nitrogens with one attached hydrogen (secondary N) is 2. The summed E-state index contributed by atoms with van der Waals surface area (Å²) >= 11 is 0. The molecule has 0 radical (unpaired) electrons. The van der Waals surface area contributed by atoms with Gasteiger partial charge in [-0.25, -0.2) is 4.98 Å². The number of fused-ring (bicyclic) bond motifs is 1. The van der Waals surface area contributed by atoms with Crippen molar-refractivity contribution in [3.63, 3.8) is 0 Å². The van der Waals surface area contributed by atoms with Crippen molar-refractivity contribution in [1.82, 2.24) is 15.3 Å². The van der Waals surface area contributed by atoms with Crippen LogP contribution in [-0.2, 0) is 11.3 Å². The SMILES string of the molecule is COCCC1(CNCc2nc3ccccc3c(=O)[nH]2)CC1. The average Bonchev–Trinajstić information content (AvgIpc) is 3.26. The van der Waals surface area contributed by atoms with E-state index in [2.05, 4.69) is 15.3 Å². The van der Waals surface area contributed by atoms with Crippen LogP contribution in [0.1, 0.15) is 25.1 Å². The van der Waals surface area contributed by atoms with Gasteiger partial charge in [0.05, 0.1) is 17.4 Å². The van der Waals surface area contributed by atoms with Gasteiger partial charge in [0, 0.05) is 20.3 Å². The number of para-hydroxylation sites is 1. The molecule has 0 bridgehead atoms. The number of aromatic nitrogens is 2. The number of benzene rings is 1. The molecule has 0 spiro atoms. The van der Waals surface area contributed by atoms with Crippen molar-refractivity contribution < 1.29 is 4.74 Å². The molecule has 1 aliphatic rings. The van der Waals surface area contributed by atoms with E-state index in [1.165, 1.54) is 12.8 Å². The van der Waals surface area contributed by atoms with Crippen LogP contribution < -0.4 is 10.9 Å². The average molecular weight is 287 g/mol. The summed E-state index contributed by atoms with van der Waals surface area (Å²) in [6.07, 6.45) is 3.61. The van der Waals surface area contributed by atoms with Crippen molar-refractivity contribution in [2.75, 3.05) is 20.3 Å². The zero-order valence-corrected chi connectivity index (χ0v) is 12.3. The van der Waals surface area contributed by atoms with Crippen molar-refractivity contribution in [3.8, 4) is 0 Å². The van der Waals surface area contributed by atoms with Gasteiger partial charge in [-0.05, 0) is 36.8 Å². The Bertz CT molecular complexity index is 677. The second-order valence-corrected chi connectivity index (χ2v) is 5.88. The molecule has 0 saturated heterocycles. The Morgan fingerprint density at radius 1 is 1.38 bits per heavy atom. The molecule has 21 heavy (non-hydrogen) atoms. The first-order chi connectivity index (χ1) is 10.2. The van der Waals surface area contributed by atoms with Crippen molar-refractivity contribution in [2.24, 2.45) is 5.41 Å². The van der Waals surface area contributed by atoms with Crippen LogP contribution in [0.4, 0.5) is 0 Å². The van der Waals surface area contributed by atoms with Crippen LogP contribution in [0.2, 0.25) is 0 Å². The van der Waals surface area contributed by atoms with E-state index in [1.807, 2.05) is 18.2 Å². The molecule has 0 atom stereocenters. The van der Waals surface area contributed by atoms with Crippen LogP contribution in [0.5, 0.6) is 0 Å². The monoisotopic (exact) mass is 287 g/mol. The fraction of sp³-hybridized carbons (Fsp3) is 0.500. The molecule has 1 aromatic heterocycles. The van der Waals surface area contributed by atoms with E-state index in [1.54, 1.807) is 13.2 Å². The number of hydrogen-bond donors (Lipinski definition) is 2. The molecule has 0 amide bonds. The fourth-order valence-electron chi connectivity index (χ4n) is 2.68. The summed E-state index contributed by atoms with van der Waals surface area (Å²) < 4.78 is 5.16. The van der Waals surface area contributed by atoms with E-state index in [-0.39, 0.29) is 5.56 Å². The Kier molecular flexibility index (Phi) is 4.03. The number of ether oxygens (including phenoxy) is 1. The molecule has 1 aromatic carbocycles. The summed E-state index contributed by atoms with van der Waals surface area (Å²) in [6.45, 7) is 2.36. The minimum Gasteiger partial charge on any atom is -0.385 e. The van der Waals surface area contributed by atoms with Gasteiger partial charge in [-0.15, -0.1) is 0 Å². The zero-order chi connectivity index (χ0) is 14.7. The summed E-state index contributed by atoms with van der Waals surface area (Å²) in [5.74, 6) is 0.696. The Balaban J connectivity index is 1.62. The highest BCUT2D eigenvalue weighted by atomic mass is 16.5. The lowest BCUT2D eigenvalue weighted by atomic mass is 10.0. The van der Waals surface area contributed by atoms with Gasteiger partial charge < -0.3 is 15.0 Å². The summed E-state index contributed by atoms with van der Waals surface area (Å²) in [5, 5.41) is 4.06. The summed E-state index contributed by atoms with van der Waals surface area (Å²) in [7, 11) is 1.74. The Morgan fingerprint density at radius 2 is 2.19 bits per heavy atom. The summed E-state index contributed by atoms with van der Waals surface area (Å²) in [5.41, 5.74) is 1.07. The number of rotatable bonds is 7.